The van der Waals surface area contributed by atoms with Crippen LogP contribution in [0.1, 0.15) is 57.3 Å². The van der Waals surface area contributed by atoms with E-state index in [-0.39, 0.29) is 0 Å². The summed E-state index contributed by atoms with van der Waals surface area (Å²) in [6.45, 7) is 5.01. The van der Waals surface area contributed by atoms with Gasteiger partial charge in [0.15, 0.2) is 28.0 Å². The number of hydrogen-bond acceptors (Lipinski definition) is 11. The normalized spacial score (nSPS) is 24.0. The molecule has 1 fully saturated rings. The number of tetrazole rings is 1. The number of thioether (sulfide) groups is 1. The van der Waals surface area contributed by atoms with E-state index in [2.05, 4.69) is 60.1 Å². The number of H-pyrrole nitrogens is 1. The molecule has 4 rings (SSSR count). The lowest BCUT2D eigenvalue weighted by atomic mass is 10.1. The number of rotatable bonds is 9. The van der Waals surface area contributed by atoms with E-state index < -0.39 is 24.2 Å². The maximum absolute atomic E-state index is 10.7. The predicted molar refractivity (Wildman–Crippen MR) is 110 cm³/mol. The van der Waals surface area contributed by atoms with Gasteiger partial charge in [0.05, 0.1) is 18.1 Å². The van der Waals surface area contributed by atoms with Crippen molar-refractivity contribution in [3.63, 3.8) is 0 Å². The molecule has 3 heterocycles. The summed E-state index contributed by atoms with van der Waals surface area (Å²) < 4.78 is 1.59. The molecule has 0 aromatic carbocycles. The van der Waals surface area contributed by atoms with E-state index in [4.69, 9.17) is 0 Å². The Morgan fingerprint density at radius 1 is 1.17 bits per heavy atom. The van der Waals surface area contributed by atoms with Crippen molar-refractivity contribution in [1.29, 1.82) is 0 Å². The maximum atomic E-state index is 10.7. The van der Waals surface area contributed by atoms with Gasteiger partial charge in [0, 0.05) is 12.3 Å². The lowest BCUT2D eigenvalue weighted by Crippen LogP contribution is -2.29. The van der Waals surface area contributed by atoms with Gasteiger partial charge in [0.2, 0.25) is 0 Å². The Morgan fingerprint density at radius 3 is 2.77 bits per heavy atom. The van der Waals surface area contributed by atoms with Crippen LogP contribution in [0.4, 0.5) is 5.82 Å². The molecule has 3 aromatic rings. The highest BCUT2D eigenvalue weighted by Crippen LogP contribution is 2.41. The molecule has 0 bridgehead atoms. The molecule has 0 radical (unpaired) electrons. The van der Waals surface area contributed by atoms with Gasteiger partial charge in [-0.05, 0) is 29.7 Å². The van der Waals surface area contributed by atoms with Gasteiger partial charge in [-0.1, -0.05) is 37.2 Å². The second kappa shape index (κ2) is 9.18. The minimum Gasteiger partial charge on any atom is -0.390 e. The number of aromatic amines is 1. The fourth-order valence-corrected chi connectivity index (χ4v) is 4.34. The first kappa shape index (κ1) is 20.9. The van der Waals surface area contributed by atoms with Crippen LogP contribution < -0.4 is 5.32 Å². The number of anilines is 1. The molecule has 0 spiro atoms. The quantitative estimate of drug-likeness (QED) is 0.215. The van der Waals surface area contributed by atoms with Gasteiger partial charge in [-0.2, -0.15) is 0 Å². The minimum absolute atomic E-state index is 0.400. The van der Waals surface area contributed by atoms with Gasteiger partial charge in [-0.15, -0.1) is 10.2 Å². The van der Waals surface area contributed by atoms with Crippen LogP contribution in [0.3, 0.4) is 0 Å². The summed E-state index contributed by atoms with van der Waals surface area (Å²) in [4.78, 5) is 9.28. The lowest BCUT2D eigenvalue weighted by Gasteiger charge is -2.17. The third-order valence-corrected chi connectivity index (χ3v) is 6.29. The van der Waals surface area contributed by atoms with E-state index in [1.165, 1.54) is 0 Å². The SMILES string of the molecule is CCCCNc1nc(SCCC)nc2c1nnn2[C@@H]1C[C@H](c2nnn[nH]2)[C@@H](O)[C@H]1O. The highest BCUT2D eigenvalue weighted by atomic mass is 32.2. The van der Waals surface area contributed by atoms with Gasteiger partial charge < -0.3 is 15.5 Å². The molecule has 0 aliphatic heterocycles. The highest BCUT2D eigenvalue weighted by Gasteiger charge is 2.46. The van der Waals surface area contributed by atoms with Crippen molar-refractivity contribution < 1.29 is 10.2 Å². The van der Waals surface area contributed by atoms with Crippen molar-refractivity contribution in [3.05, 3.63) is 5.82 Å². The zero-order valence-electron chi connectivity index (χ0n) is 16.9. The number of unbranched alkanes of at least 4 members (excludes halogenated alkanes) is 1. The monoisotopic (exact) mass is 434 g/mol. The zero-order chi connectivity index (χ0) is 21.1. The van der Waals surface area contributed by atoms with Crippen molar-refractivity contribution in [2.24, 2.45) is 0 Å². The number of aromatic nitrogens is 9. The van der Waals surface area contributed by atoms with E-state index in [9.17, 15) is 10.2 Å². The van der Waals surface area contributed by atoms with Crippen molar-refractivity contribution in [3.8, 4) is 0 Å². The van der Waals surface area contributed by atoms with Crippen LogP contribution in [0.2, 0.25) is 0 Å². The van der Waals surface area contributed by atoms with Crippen LogP contribution in [0, 0.1) is 0 Å². The first-order valence-electron chi connectivity index (χ1n) is 10.2. The van der Waals surface area contributed by atoms with Crippen molar-refractivity contribution in [2.75, 3.05) is 17.6 Å². The lowest BCUT2D eigenvalue weighted by molar-refractivity contribution is 0.0146. The fraction of sp³-hybridized carbons (Fsp3) is 0.706. The van der Waals surface area contributed by atoms with E-state index in [0.29, 0.717) is 34.4 Å². The van der Waals surface area contributed by atoms with Gasteiger partial charge in [0.1, 0.15) is 6.10 Å². The summed E-state index contributed by atoms with van der Waals surface area (Å²) in [5.74, 6) is 1.54. The van der Waals surface area contributed by atoms with E-state index in [0.717, 1.165) is 31.6 Å². The van der Waals surface area contributed by atoms with Crippen molar-refractivity contribution in [2.45, 2.75) is 68.9 Å². The molecule has 1 aliphatic carbocycles. The number of nitrogens with zero attached hydrogens (tertiary/aromatic N) is 8. The summed E-state index contributed by atoms with van der Waals surface area (Å²) in [7, 11) is 0. The minimum atomic E-state index is -1.05. The van der Waals surface area contributed by atoms with Crippen molar-refractivity contribution in [1.82, 2.24) is 45.6 Å². The molecule has 1 aliphatic rings. The Bertz CT molecular complexity index is 965. The van der Waals surface area contributed by atoms with Gasteiger partial charge >= 0.3 is 0 Å². The molecule has 0 saturated heterocycles. The molecule has 30 heavy (non-hydrogen) atoms. The number of nitrogens with one attached hydrogen (secondary N) is 2. The molecular formula is C17H26N10O2S. The van der Waals surface area contributed by atoms with E-state index >= 15 is 0 Å². The summed E-state index contributed by atoms with van der Waals surface area (Å²) >= 11 is 1.57. The molecular weight excluding hydrogens is 408 g/mol. The van der Waals surface area contributed by atoms with Crippen molar-refractivity contribution >= 4 is 28.7 Å². The van der Waals surface area contributed by atoms with Crippen LogP contribution in [0.25, 0.3) is 11.2 Å². The first-order chi connectivity index (χ1) is 14.6. The maximum Gasteiger partial charge on any atom is 0.191 e. The molecule has 13 heteroatoms. The molecule has 1 saturated carbocycles. The summed E-state index contributed by atoms with van der Waals surface area (Å²) in [5, 5.41) is 47.5. The number of aliphatic hydroxyl groups excluding tert-OH is 2. The summed E-state index contributed by atoms with van der Waals surface area (Å²) in [6, 6.07) is -0.512. The van der Waals surface area contributed by atoms with E-state index in [1.807, 2.05) is 0 Å². The van der Waals surface area contributed by atoms with Gasteiger partial charge in [-0.25, -0.2) is 19.7 Å². The zero-order valence-corrected chi connectivity index (χ0v) is 17.7. The number of fused-ring (bicyclic) bond motifs is 1. The Balaban J connectivity index is 1.69. The molecule has 12 nitrogen and oxygen atoms in total. The third-order valence-electron chi connectivity index (χ3n) is 5.24. The smallest absolute Gasteiger partial charge is 0.191 e. The van der Waals surface area contributed by atoms with E-state index in [1.54, 1.807) is 16.4 Å². The highest BCUT2D eigenvalue weighted by molar-refractivity contribution is 7.99. The van der Waals surface area contributed by atoms with Crippen LogP contribution in [0.5, 0.6) is 0 Å². The first-order valence-corrected chi connectivity index (χ1v) is 11.2. The fourth-order valence-electron chi connectivity index (χ4n) is 3.64. The molecule has 0 amide bonds. The molecule has 4 N–H and O–H groups in total. The molecule has 162 valence electrons. The molecule has 0 unspecified atom stereocenters. The second-order valence-corrected chi connectivity index (χ2v) is 8.43. The topological polar surface area (TPSA) is 163 Å². The number of aliphatic hydroxyl groups is 2. The van der Waals surface area contributed by atoms with Gasteiger partial charge in [-0.3, -0.25) is 0 Å². The van der Waals surface area contributed by atoms with Crippen LogP contribution in [0.15, 0.2) is 5.16 Å². The Labute approximate surface area is 177 Å². The Hall–Kier alpha value is -2.38. The van der Waals surface area contributed by atoms with Crippen LogP contribution in [-0.4, -0.2) is 80.3 Å². The Kier molecular flexibility index (Phi) is 6.39. The molecule has 3 aromatic heterocycles. The second-order valence-electron chi connectivity index (χ2n) is 7.37. The summed E-state index contributed by atoms with van der Waals surface area (Å²) in [6.07, 6.45) is 1.40. The average molecular weight is 435 g/mol. The van der Waals surface area contributed by atoms with Crippen LogP contribution >= 0.6 is 11.8 Å². The predicted octanol–water partition coefficient (Wildman–Crippen LogP) is 0.899. The Morgan fingerprint density at radius 2 is 2.03 bits per heavy atom. The van der Waals surface area contributed by atoms with Crippen LogP contribution in [-0.2, 0) is 0 Å². The third kappa shape index (κ3) is 3.96. The molecule has 4 atom stereocenters. The number of hydrogen-bond donors (Lipinski definition) is 4. The van der Waals surface area contributed by atoms with Gasteiger partial charge in [0.25, 0.3) is 0 Å². The largest absolute Gasteiger partial charge is 0.390 e. The standard InChI is InChI=1S/C17H26N10O2S/c1-3-5-6-18-15-11-16(20-17(19-15)30-7-4-2)27(26-21-11)10-8-9(12(28)13(10)29)14-22-24-25-23-14/h9-10,12-13,28-29H,3-8H2,1-2H3,(H,18,19,20)(H,22,23,24,25)/t9-,10+,12+,13-/m0/s1. The average Bonchev–Trinajstić information content (AvgIpc) is 3.47. The summed E-state index contributed by atoms with van der Waals surface area (Å²) in [5.41, 5.74) is 1.09.